The number of nitrogens with two attached hydrogens (primary N) is 1. The van der Waals surface area contributed by atoms with Crippen LogP contribution >= 0.6 is 23.4 Å². The lowest BCUT2D eigenvalue weighted by molar-refractivity contribution is -0.115. The number of thioether (sulfide) groups is 1. The van der Waals surface area contributed by atoms with E-state index < -0.39 is 5.91 Å². The molecule has 3 N–H and O–H groups in total. The Kier molecular flexibility index (Phi) is 5.46. The summed E-state index contributed by atoms with van der Waals surface area (Å²) in [6.07, 6.45) is 0. The predicted molar refractivity (Wildman–Crippen MR) is 90.4 cm³/mol. The first-order valence-electron chi connectivity index (χ1n) is 6.59. The number of rotatable bonds is 5. The van der Waals surface area contributed by atoms with E-state index in [9.17, 15) is 9.59 Å². The number of nitrogens with one attached hydrogen (secondary N) is 1. The molecule has 6 heteroatoms. The second-order valence-electron chi connectivity index (χ2n) is 4.61. The molecule has 0 aliphatic rings. The van der Waals surface area contributed by atoms with Crippen LogP contribution in [0.15, 0.2) is 53.4 Å². The molecule has 0 unspecified atom stereocenters. The summed E-state index contributed by atoms with van der Waals surface area (Å²) < 4.78 is 0. The number of hydrogen-bond donors (Lipinski definition) is 2. The third kappa shape index (κ3) is 4.26. The van der Waals surface area contributed by atoms with Gasteiger partial charge in [-0.1, -0.05) is 23.7 Å². The molecule has 0 spiro atoms. The van der Waals surface area contributed by atoms with Crippen molar-refractivity contribution in [2.24, 2.45) is 5.73 Å². The highest BCUT2D eigenvalue weighted by atomic mass is 35.5. The van der Waals surface area contributed by atoms with Crippen LogP contribution in [0.5, 0.6) is 0 Å². The summed E-state index contributed by atoms with van der Waals surface area (Å²) in [6, 6.07) is 13.9. The zero-order chi connectivity index (χ0) is 16.1. The van der Waals surface area contributed by atoms with Gasteiger partial charge in [0.25, 0.3) is 5.91 Å². The molecule has 22 heavy (non-hydrogen) atoms. The first-order valence-corrected chi connectivity index (χ1v) is 7.85. The lowest BCUT2D eigenvalue weighted by Crippen LogP contribution is -2.24. The van der Waals surface area contributed by atoms with Gasteiger partial charge in [-0.3, -0.25) is 9.59 Å². The van der Waals surface area contributed by atoms with Gasteiger partial charge in [0.05, 0.1) is 16.5 Å². The van der Waals surface area contributed by atoms with Gasteiger partial charge < -0.3 is 11.1 Å². The van der Waals surface area contributed by atoms with Crippen LogP contribution in [-0.2, 0) is 4.79 Å². The van der Waals surface area contributed by atoms with E-state index in [1.165, 1.54) is 11.8 Å². The average Bonchev–Trinajstić information content (AvgIpc) is 2.49. The van der Waals surface area contributed by atoms with Crippen molar-refractivity contribution in [3.8, 4) is 0 Å². The number of hydrogen-bond acceptors (Lipinski definition) is 3. The number of halogens is 1. The second-order valence-corrected chi connectivity index (χ2v) is 6.46. The molecular formula is C16H15ClN2O2S. The van der Waals surface area contributed by atoms with Gasteiger partial charge in [-0.15, -0.1) is 11.8 Å². The van der Waals surface area contributed by atoms with Gasteiger partial charge in [0.1, 0.15) is 0 Å². The predicted octanol–water partition coefficient (Wildman–Crippen LogP) is 3.56. The van der Waals surface area contributed by atoms with Crippen molar-refractivity contribution in [3.63, 3.8) is 0 Å². The number of amides is 2. The fourth-order valence-corrected chi connectivity index (χ4v) is 2.81. The maximum absolute atomic E-state index is 12.2. The van der Waals surface area contributed by atoms with Crippen LogP contribution in [0.2, 0.25) is 5.02 Å². The van der Waals surface area contributed by atoms with Crippen molar-refractivity contribution in [2.75, 3.05) is 5.32 Å². The monoisotopic (exact) mass is 334 g/mol. The normalized spacial score (nSPS) is 11.7. The maximum Gasteiger partial charge on any atom is 0.250 e. The number of primary amides is 1. The van der Waals surface area contributed by atoms with E-state index in [0.717, 1.165) is 4.90 Å². The Hall–Kier alpha value is -1.98. The molecule has 0 radical (unpaired) electrons. The quantitative estimate of drug-likeness (QED) is 0.821. The number of para-hydroxylation sites is 1. The van der Waals surface area contributed by atoms with E-state index in [0.29, 0.717) is 16.3 Å². The number of benzene rings is 2. The summed E-state index contributed by atoms with van der Waals surface area (Å²) in [6.45, 7) is 1.79. The number of carbonyl (C=O) groups is 2. The summed E-state index contributed by atoms with van der Waals surface area (Å²) in [7, 11) is 0. The molecule has 4 nitrogen and oxygen atoms in total. The topological polar surface area (TPSA) is 72.2 Å². The zero-order valence-corrected chi connectivity index (χ0v) is 13.4. The van der Waals surface area contributed by atoms with Crippen LogP contribution in [0.4, 0.5) is 5.69 Å². The fourth-order valence-electron chi connectivity index (χ4n) is 1.81. The van der Waals surface area contributed by atoms with E-state index in [1.807, 2.05) is 12.1 Å². The van der Waals surface area contributed by atoms with Gasteiger partial charge in [-0.25, -0.2) is 0 Å². The van der Waals surface area contributed by atoms with Gasteiger partial charge in [-0.05, 0) is 43.3 Å². The first kappa shape index (κ1) is 16.4. The van der Waals surface area contributed by atoms with Crippen molar-refractivity contribution >= 4 is 40.9 Å². The minimum atomic E-state index is -0.575. The smallest absolute Gasteiger partial charge is 0.250 e. The Labute approximate surface area is 138 Å². The van der Waals surface area contributed by atoms with Crippen molar-refractivity contribution in [2.45, 2.75) is 17.1 Å². The molecule has 0 aliphatic carbocycles. The van der Waals surface area contributed by atoms with Crippen LogP contribution in [-0.4, -0.2) is 17.1 Å². The largest absolute Gasteiger partial charge is 0.366 e. The highest BCUT2D eigenvalue weighted by molar-refractivity contribution is 8.00. The Morgan fingerprint density at radius 2 is 1.77 bits per heavy atom. The van der Waals surface area contributed by atoms with E-state index in [-0.39, 0.29) is 11.2 Å². The maximum atomic E-state index is 12.2. The van der Waals surface area contributed by atoms with Gasteiger partial charge in [0.15, 0.2) is 0 Å². The van der Waals surface area contributed by atoms with Gasteiger partial charge in [0, 0.05) is 9.92 Å². The van der Waals surface area contributed by atoms with Crippen LogP contribution in [0.1, 0.15) is 17.3 Å². The lowest BCUT2D eigenvalue weighted by atomic mass is 10.1. The molecule has 1 atom stereocenters. The molecule has 2 rings (SSSR count). The van der Waals surface area contributed by atoms with Crippen molar-refractivity contribution in [1.29, 1.82) is 0 Å². The lowest BCUT2D eigenvalue weighted by Gasteiger charge is -2.13. The number of anilines is 1. The summed E-state index contributed by atoms with van der Waals surface area (Å²) >= 11 is 7.24. The highest BCUT2D eigenvalue weighted by Gasteiger charge is 2.17. The molecule has 114 valence electrons. The van der Waals surface area contributed by atoms with Crippen LogP contribution in [0.25, 0.3) is 0 Å². The molecular weight excluding hydrogens is 320 g/mol. The highest BCUT2D eigenvalue weighted by Crippen LogP contribution is 2.26. The standard InChI is InChI=1S/C16H15ClN2O2S/c1-10(22-12-8-6-11(17)7-9-12)16(21)19-14-5-3-2-4-13(14)15(18)20/h2-10H,1H3,(H2,18,20)(H,19,21)/t10-/m1/s1. The van der Waals surface area contributed by atoms with Crippen LogP contribution < -0.4 is 11.1 Å². The Bertz CT molecular complexity index is 689. The van der Waals surface area contributed by atoms with Crippen LogP contribution in [0, 0.1) is 0 Å². The molecule has 2 aromatic rings. The van der Waals surface area contributed by atoms with E-state index in [4.69, 9.17) is 17.3 Å². The minimum absolute atomic E-state index is 0.200. The zero-order valence-electron chi connectivity index (χ0n) is 11.9. The van der Waals surface area contributed by atoms with E-state index in [1.54, 1.807) is 43.3 Å². The molecule has 0 saturated heterocycles. The Balaban J connectivity index is 2.05. The SMILES string of the molecule is C[C@@H](Sc1ccc(Cl)cc1)C(=O)Nc1ccccc1C(N)=O. The van der Waals surface area contributed by atoms with E-state index in [2.05, 4.69) is 5.32 Å². The van der Waals surface area contributed by atoms with Gasteiger partial charge in [-0.2, -0.15) is 0 Å². The van der Waals surface area contributed by atoms with Gasteiger partial charge >= 0.3 is 0 Å². The van der Waals surface area contributed by atoms with E-state index >= 15 is 0 Å². The number of carbonyl (C=O) groups excluding carboxylic acids is 2. The Morgan fingerprint density at radius 1 is 1.14 bits per heavy atom. The van der Waals surface area contributed by atoms with Crippen molar-refractivity contribution in [1.82, 2.24) is 0 Å². The average molecular weight is 335 g/mol. The summed E-state index contributed by atoms with van der Waals surface area (Å²) in [4.78, 5) is 24.5. The third-order valence-electron chi connectivity index (χ3n) is 2.95. The van der Waals surface area contributed by atoms with Crippen molar-refractivity contribution < 1.29 is 9.59 Å². The third-order valence-corrected chi connectivity index (χ3v) is 4.31. The molecule has 0 fully saturated rings. The molecule has 0 heterocycles. The molecule has 2 amide bonds. The Morgan fingerprint density at radius 3 is 2.41 bits per heavy atom. The summed E-state index contributed by atoms with van der Waals surface area (Å²) in [5, 5.41) is 3.06. The second kappa shape index (κ2) is 7.33. The van der Waals surface area contributed by atoms with Gasteiger partial charge in [0.2, 0.25) is 5.91 Å². The molecule has 0 aromatic heterocycles. The minimum Gasteiger partial charge on any atom is -0.366 e. The molecule has 0 saturated carbocycles. The van der Waals surface area contributed by atoms with Crippen LogP contribution in [0.3, 0.4) is 0 Å². The molecule has 0 aliphatic heterocycles. The molecule has 2 aromatic carbocycles. The first-order chi connectivity index (χ1) is 10.5. The molecule has 0 bridgehead atoms. The summed E-state index contributed by atoms with van der Waals surface area (Å²) in [5.74, 6) is -0.775. The van der Waals surface area contributed by atoms with Crippen molar-refractivity contribution in [3.05, 3.63) is 59.1 Å². The fraction of sp³-hybridized carbons (Fsp3) is 0.125. The summed E-state index contributed by atoms with van der Waals surface area (Å²) in [5.41, 5.74) is 6.01.